The van der Waals surface area contributed by atoms with Gasteiger partial charge in [0, 0.05) is 94.1 Å². The molecule has 1 fully saturated rings. The van der Waals surface area contributed by atoms with Crippen molar-refractivity contribution >= 4 is 39.4 Å². The fraction of sp³-hybridized carbons (Fsp3) is 0.316. The molecule has 0 N–H and O–H groups in total. The molecule has 11 heteroatoms. The van der Waals surface area contributed by atoms with Gasteiger partial charge in [0.2, 0.25) is 5.95 Å². The van der Waals surface area contributed by atoms with E-state index < -0.39 is 0 Å². The summed E-state index contributed by atoms with van der Waals surface area (Å²) in [7, 11) is 3.40. The van der Waals surface area contributed by atoms with Crippen LogP contribution in [0.25, 0.3) is 38.8 Å². The van der Waals surface area contributed by atoms with Crippen molar-refractivity contribution in [1.82, 2.24) is 29.1 Å². The van der Waals surface area contributed by atoms with Gasteiger partial charge in [-0.2, -0.15) is 0 Å². The number of imidazole rings is 1. The number of hydrogen-bond donors (Lipinski definition) is 0. The topological polar surface area (TPSA) is 111 Å². The molecule has 4 aromatic heterocycles. The maximum absolute atomic E-state index is 13.8. The first-order valence-corrected chi connectivity index (χ1v) is 16.7. The first-order valence-electron chi connectivity index (χ1n) is 16.7. The summed E-state index contributed by atoms with van der Waals surface area (Å²) in [6, 6.07) is 16.5. The molecule has 0 amide bonds. The summed E-state index contributed by atoms with van der Waals surface area (Å²) in [5.74, 6) is 0.894. The molecule has 1 aliphatic rings. The molecule has 0 atom stereocenters. The maximum Gasteiger partial charge on any atom is 0.333 e. The summed E-state index contributed by atoms with van der Waals surface area (Å²) in [6.45, 7) is 7.75. The molecule has 0 radical (unpaired) electrons. The Labute approximate surface area is 284 Å². The van der Waals surface area contributed by atoms with Crippen LogP contribution in [0.1, 0.15) is 29.7 Å². The predicted molar refractivity (Wildman–Crippen MR) is 193 cm³/mol. The van der Waals surface area contributed by atoms with Crippen molar-refractivity contribution in [3.8, 4) is 16.8 Å². The summed E-state index contributed by atoms with van der Waals surface area (Å²) in [4.78, 5) is 48.7. The van der Waals surface area contributed by atoms with Crippen molar-refractivity contribution in [1.29, 1.82) is 0 Å². The van der Waals surface area contributed by atoms with Crippen LogP contribution >= 0.6 is 0 Å². The summed E-state index contributed by atoms with van der Waals surface area (Å²) in [5, 5.41) is 0.914. The van der Waals surface area contributed by atoms with Crippen LogP contribution < -0.4 is 15.5 Å². The highest BCUT2D eigenvalue weighted by Gasteiger charge is 2.22. The van der Waals surface area contributed by atoms with Crippen LogP contribution in [0.2, 0.25) is 0 Å². The number of aromatic nitrogens is 6. The van der Waals surface area contributed by atoms with Gasteiger partial charge < -0.3 is 14.5 Å². The van der Waals surface area contributed by atoms with E-state index in [1.54, 1.807) is 24.9 Å². The van der Waals surface area contributed by atoms with E-state index in [-0.39, 0.29) is 11.5 Å². The standard InChI is InChI=1S/C38H40N8O3/c1-25-19-30(9-12-34(25)44-14-16-45(17-15-44)37-41-21-27(22-42-37)6-10-31(47)13-18-49-4)46-36-32-20-28(29-7-5-26(2)39-23-29)8-11-33(32)40-24-35(36)43(3)38(46)48/h5,7-9,11-12,19-24H,6,10,13-18H2,1-4H3. The highest BCUT2D eigenvalue weighted by Crippen LogP contribution is 2.31. The van der Waals surface area contributed by atoms with Crippen LogP contribution in [0.3, 0.4) is 0 Å². The van der Waals surface area contributed by atoms with Crippen molar-refractivity contribution in [2.45, 2.75) is 33.1 Å². The number of piperazine rings is 1. The maximum atomic E-state index is 13.8. The first-order chi connectivity index (χ1) is 23.8. The van der Waals surface area contributed by atoms with Gasteiger partial charge in [0.05, 0.1) is 35.0 Å². The molecule has 5 heterocycles. The van der Waals surface area contributed by atoms with Gasteiger partial charge in [0.25, 0.3) is 0 Å². The Bertz CT molecular complexity index is 2200. The van der Waals surface area contributed by atoms with E-state index in [9.17, 15) is 9.59 Å². The van der Waals surface area contributed by atoms with Gasteiger partial charge in [-0.3, -0.25) is 23.9 Å². The van der Waals surface area contributed by atoms with Gasteiger partial charge in [-0.1, -0.05) is 12.1 Å². The van der Waals surface area contributed by atoms with Crippen LogP contribution in [0.5, 0.6) is 0 Å². The zero-order valence-electron chi connectivity index (χ0n) is 28.4. The molecule has 0 spiro atoms. The Morgan fingerprint density at radius 1 is 0.816 bits per heavy atom. The van der Waals surface area contributed by atoms with E-state index in [2.05, 4.69) is 62.0 Å². The lowest BCUT2D eigenvalue weighted by Crippen LogP contribution is -2.47. The molecule has 7 rings (SSSR count). The number of pyridine rings is 2. The smallest absolute Gasteiger partial charge is 0.333 e. The van der Waals surface area contributed by atoms with Gasteiger partial charge >= 0.3 is 5.69 Å². The van der Waals surface area contributed by atoms with Gasteiger partial charge in [-0.05, 0) is 73.4 Å². The van der Waals surface area contributed by atoms with Crippen LogP contribution in [-0.2, 0) is 23.0 Å². The number of Topliss-reactive ketones (excluding diaryl/α,β-unsaturated/α-hetero) is 1. The number of carbonyl (C=O) groups is 1. The SMILES string of the molecule is COCCC(=O)CCc1cnc(N2CCN(c3ccc(-n4c(=O)n(C)c5cnc6ccc(-c7ccc(C)nc7)cc6c54)cc3C)CC2)nc1. The molecule has 2 aromatic carbocycles. The number of hydrogen-bond acceptors (Lipinski definition) is 9. The monoisotopic (exact) mass is 656 g/mol. The highest BCUT2D eigenvalue weighted by molar-refractivity contribution is 6.04. The molecule has 0 aliphatic carbocycles. The molecule has 0 bridgehead atoms. The number of benzene rings is 2. The zero-order valence-corrected chi connectivity index (χ0v) is 28.4. The zero-order chi connectivity index (χ0) is 34.1. The Kier molecular flexibility index (Phi) is 8.92. The summed E-state index contributed by atoms with van der Waals surface area (Å²) in [6.07, 6.45) is 8.87. The summed E-state index contributed by atoms with van der Waals surface area (Å²) < 4.78 is 8.47. The number of anilines is 2. The molecule has 0 unspecified atom stereocenters. The molecule has 6 aromatic rings. The number of carbonyl (C=O) groups excluding carboxylic acids is 1. The van der Waals surface area contributed by atoms with Crippen LogP contribution in [0.15, 0.2) is 78.1 Å². The third-order valence-corrected chi connectivity index (χ3v) is 9.44. The quantitative estimate of drug-likeness (QED) is 0.196. The molecular weight excluding hydrogens is 616 g/mol. The summed E-state index contributed by atoms with van der Waals surface area (Å²) in [5.41, 5.74) is 9.35. The summed E-state index contributed by atoms with van der Waals surface area (Å²) >= 11 is 0. The second-order valence-electron chi connectivity index (χ2n) is 12.7. The normalized spacial score (nSPS) is 13.5. The molecule has 250 valence electrons. The highest BCUT2D eigenvalue weighted by atomic mass is 16.5. The minimum atomic E-state index is -0.115. The fourth-order valence-electron chi connectivity index (χ4n) is 6.60. The Balaban J connectivity index is 1.10. The number of fused-ring (bicyclic) bond motifs is 3. The average Bonchev–Trinajstić information content (AvgIpc) is 3.39. The lowest BCUT2D eigenvalue weighted by molar-refractivity contribution is -0.119. The second kappa shape index (κ2) is 13.6. The van der Waals surface area contributed by atoms with Crippen LogP contribution in [0, 0.1) is 13.8 Å². The molecule has 49 heavy (non-hydrogen) atoms. The van der Waals surface area contributed by atoms with E-state index in [1.807, 2.05) is 48.3 Å². The second-order valence-corrected chi connectivity index (χ2v) is 12.7. The van der Waals surface area contributed by atoms with Gasteiger partial charge in [-0.15, -0.1) is 0 Å². The van der Waals surface area contributed by atoms with Crippen molar-refractivity contribution < 1.29 is 9.53 Å². The van der Waals surface area contributed by atoms with Gasteiger partial charge in [0.1, 0.15) is 5.78 Å². The molecule has 1 saturated heterocycles. The number of ketones is 1. The molecule has 1 aliphatic heterocycles. The molecule has 0 saturated carbocycles. The first kappa shape index (κ1) is 32.1. The number of methoxy groups -OCH3 is 1. The van der Waals surface area contributed by atoms with Crippen LogP contribution in [-0.4, -0.2) is 74.7 Å². The van der Waals surface area contributed by atoms with Crippen LogP contribution in [0.4, 0.5) is 11.6 Å². The Morgan fingerprint density at radius 2 is 1.57 bits per heavy atom. The van der Waals surface area contributed by atoms with Crippen molar-refractivity contribution in [2.75, 3.05) is 49.7 Å². The van der Waals surface area contributed by atoms with E-state index in [0.717, 1.165) is 87.4 Å². The molecule has 11 nitrogen and oxygen atoms in total. The average molecular weight is 657 g/mol. The van der Waals surface area contributed by atoms with Crippen molar-refractivity contribution in [2.24, 2.45) is 7.05 Å². The third kappa shape index (κ3) is 6.41. The van der Waals surface area contributed by atoms with Gasteiger partial charge in [-0.25, -0.2) is 14.8 Å². The predicted octanol–water partition coefficient (Wildman–Crippen LogP) is 5.21. The van der Waals surface area contributed by atoms with Gasteiger partial charge in [0.15, 0.2) is 0 Å². The Morgan fingerprint density at radius 3 is 2.29 bits per heavy atom. The van der Waals surface area contributed by atoms with E-state index in [1.165, 1.54) is 0 Å². The van der Waals surface area contributed by atoms with Crippen molar-refractivity contribution in [3.63, 3.8) is 0 Å². The third-order valence-electron chi connectivity index (χ3n) is 9.44. The number of nitrogens with zero attached hydrogens (tertiary/aromatic N) is 8. The fourth-order valence-corrected chi connectivity index (χ4v) is 6.60. The number of rotatable bonds is 10. The Hall–Kier alpha value is -5.42. The molecular formula is C38H40N8O3. The van der Waals surface area contributed by atoms with E-state index in [0.29, 0.717) is 31.8 Å². The number of ether oxygens (including phenoxy) is 1. The minimum Gasteiger partial charge on any atom is -0.384 e. The van der Waals surface area contributed by atoms with E-state index in [4.69, 9.17) is 9.72 Å². The number of aryl methyl sites for hydroxylation is 4. The minimum absolute atomic E-state index is 0.115. The lowest BCUT2D eigenvalue weighted by Gasteiger charge is -2.36. The van der Waals surface area contributed by atoms with Crippen molar-refractivity contribution in [3.05, 3.63) is 101 Å². The lowest BCUT2D eigenvalue weighted by atomic mass is 10.0. The largest absolute Gasteiger partial charge is 0.384 e. The van der Waals surface area contributed by atoms with E-state index >= 15 is 0 Å².